The summed E-state index contributed by atoms with van der Waals surface area (Å²) in [4.78, 5) is 0. The number of hydrogen-bond donors (Lipinski definition) is 2. The summed E-state index contributed by atoms with van der Waals surface area (Å²) in [5, 5.41) is 4.20. The van der Waals surface area contributed by atoms with E-state index in [9.17, 15) is 0 Å². The van der Waals surface area contributed by atoms with Gasteiger partial charge >= 0.3 is 0 Å². The van der Waals surface area contributed by atoms with E-state index in [1.54, 1.807) is 0 Å². The van der Waals surface area contributed by atoms with Crippen molar-refractivity contribution in [1.82, 2.24) is 15.6 Å². The van der Waals surface area contributed by atoms with E-state index < -0.39 is 0 Å². The van der Waals surface area contributed by atoms with Crippen LogP contribution >= 0.6 is 0 Å². The van der Waals surface area contributed by atoms with E-state index in [1.807, 2.05) is 0 Å². The largest absolute Gasteiger partial charge is 0.330 e. The first kappa shape index (κ1) is 8.93. The van der Waals surface area contributed by atoms with Crippen molar-refractivity contribution in [2.24, 2.45) is 11.7 Å². The van der Waals surface area contributed by atoms with Crippen molar-refractivity contribution in [2.45, 2.75) is 6.42 Å². The van der Waals surface area contributed by atoms with Gasteiger partial charge in [0.1, 0.15) is 0 Å². The molecule has 0 radical (unpaired) electrons. The van der Waals surface area contributed by atoms with Crippen LogP contribution in [-0.4, -0.2) is 43.7 Å². The van der Waals surface area contributed by atoms with Gasteiger partial charge in [-0.2, -0.15) is 5.53 Å². The predicted octanol–water partition coefficient (Wildman–Crippen LogP) is -0.752. The Morgan fingerprint density at radius 1 is 1.36 bits per heavy atom. The molecular weight excluding hydrogens is 140 g/mol. The van der Waals surface area contributed by atoms with Gasteiger partial charge in [0.05, 0.1) is 0 Å². The molecular formula is C7H18N4. The number of nitrogens with one attached hydrogen (secondary N) is 1. The third-order valence-corrected chi connectivity index (χ3v) is 1.98. The third kappa shape index (κ3) is 2.75. The summed E-state index contributed by atoms with van der Waals surface area (Å²) in [6.07, 6.45) is 1.12. The summed E-state index contributed by atoms with van der Waals surface area (Å²) in [5.41, 5.74) is 8.69. The van der Waals surface area contributed by atoms with E-state index in [-0.39, 0.29) is 0 Å². The van der Waals surface area contributed by atoms with Crippen LogP contribution in [0.1, 0.15) is 6.42 Å². The maximum Gasteiger partial charge on any atom is 0.0182 e. The first-order chi connectivity index (χ1) is 5.22. The van der Waals surface area contributed by atoms with Gasteiger partial charge in [0.15, 0.2) is 0 Å². The molecule has 0 aliphatic carbocycles. The highest BCUT2D eigenvalue weighted by Crippen LogP contribution is 2.08. The van der Waals surface area contributed by atoms with Crippen LogP contribution in [0, 0.1) is 5.92 Å². The zero-order valence-electron chi connectivity index (χ0n) is 7.38. The molecule has 4 heteroatoms. The Labute approximate surface area is 68.3 Å². The molecule has 0 aromatic rings. The molecule has 11 heavy (non-hydrogen) atoms. The lowest BCUT2D eigenvalue weighted by atomic mass is 10.1. The topological polar surface area (TPSA) is 44.5 Å². The number of nitrogens with zero attached hydrogens (tertiary/aromatic N) is 2. The van der Waals surface area contributed by atoms with E-state index >= 15 is 0 Å². The molecule has 0 bridgehead atoms. The number of hydrogen-bond acceptors (Lipinski definition) is 4. The normalized spacial score (nSPS) is 24.3. The van der Waals surface area contributed by atoms with Gasteiger partial charge in [-0.3, -0.25) is 0 Å². The molecule has 1 saturated heterocycles. The van der Waals surface area contributed by atoms with Gasteiger partial charge in [0.25, 0.3) is 0 Å². The van der Waals surface area contributed by atoms with Crippen molar-refractivity contribution in [1.29, 1.82) is 0 Å². The minimum absolute atomic E-state index is 0.719. The van der Waals surface area contributed by atoms with Gasteiger partial charge in [-0.05, 0) is 18.9 Å². The van der Waals surface area contributed by atoms with Crippen LogP contribution < -0.4 is 11.3 Å². The lowest BCUT2D eigenvalue weighted by Gasteiger charge is -2.36. The summed E-state index contributed by atoms with van der Waals surface area (Å²) >= 11 is 0. The first-order valence-electron chi connectivity index (χ1n) is 4.11. The molecule has 1 aliphatic heterocycles. The molecule has 0 aromatic carbocycles. The molecule has 0 atom stereocenters. The molecule has 1 heterocycles. The Hall–Kier alpha value is -0.160. The lowest BCUT2D eigenvalue weighted by molar-refractivity contribution is -0.00996. The second-order valence-corrected chi connectivity index (χ2v) is 3.30. The first-order valence-corrected chi connectivity index (χ1v) is 4.11. The fourth-order valence-electron chi connectivity index (χ4n) is 1.62. The lowest BCUT2D eigenvalue weighted by Crippen LogP contribution is -2.55. The summed E-state index contributed by atoms with van der Waals surface area (Å²) in [6, 6.07) is 0. The van der Waals surface area contributed by atoms with Gasteiger partial charge in [-0.1, -0.05) is 0 Å². The second kappa shape index (κ2) is 4.01. The van der Waals surface area contributed by atoms with Crippen LogP contribution in [0.4, 0.5) is 0 Å². The quantitative estimate of drug-likeness (QED) is 0.555. The summed E-state index contributed by atoms with van der Waals surface area (Å²) < 4.78 is 0. The van der Waals surface area contributed by atoms with Crippen LogP contribution in [-0.2, 0) is 0 Å². The fraction of sp³-hybridized carbons (Fsp3) is 1.00. The molecule has 0 aromatic heterocycles. The van der Waals surface area contributed by atoms with Gasteiger partial charge in [-0.15, -0.1) is 0 Å². The Morgan fingerprint density at radius 2 is 1.91 bits per heavy atom. The van der Waals surface area contributed by atoms with Gasteiger partial charge in [0, 0.05) is 27.2 Å². The molecule has 1 rings (SSSR count). The average Bonchev–Trinajstić information content (AvgIpc) is 1.85. The Balaban J connectivity index is 2.30. The van der Waals surface area contributed by atoms with Crippen molar-refractivity contribution in [3.8, 4) is 0 Å². The minimum atomic E-state index is 0.719. The second-order valence-electron chi connectivity index (χ2n) is 3.30. The van der Waals surface area contributed by atoms with E-state index in [4.69, 9.17) is 5.73 Å². The number of hydrazine groups is 2. The molecule has 0 saturated carbocycles. The average molecular weight is 158 g/mol. The molecule has 0 amide bonds. The van der Waals surface area contributed by atoms with E-state index in [0.29, 0.717) is 0 Å². The minimum Gasteiger partial charge on any atom is -0.330 e. The highest BCUT2D eigenvalue weighted by Gasteiger charge is 2.19. The molecule has 4 nitrogen and oxygen atoms in total. The van der Waals surface area contributed by atoms with Crippen molar-refractivity contribution in [2.75, 3.05) is 33.7 Å². The van der Waals surface area contributed by atoms with Crippen molar-refractivity contribution < 1.29 is 0 Å². The summed E-state index contributed by atoms with van der Waals surface area (Å²) in [6.45, 7) is 3.00. The molecule has 66 valence electrons. The third-order valence-electron chi connectivity index (χ3n) is 1.98. The van der Waals surface area contributed by atoms with Crippen LogP contribution in [0.3, 0.4) is 0 Å². The number of nitrogens with two attached hydrogens (primary N) is 1. The predicted molar refractivity (Wildman–Crippen MR) is 45.6 cm³/mol. The Kier molecular flexibility index (Phi) is 3.26. The van der Waals surface area contributed by atoms with Crippen molar-refractivity contribution in [3.05, 3.63) is 0 Å². The SMILES string of the molecule is CN1CC(CCN)CN(C)N1. The van der Waals surface area contributed by atoms with Gasteiger partial charge < -0.3 is 5.73 Å². The summed E-state index contributed by atoms with van der Waals surface area (Å²) in [7, 11) is 4.11. The van der Waals surface area contributed by atoms with Crippen LogP contribution in [0.15, 0.2) is 0 Å². The molecule has 1 fully saturated rings. The zero-order chi connectivity index (χ0) is 8.27. The standard InChI is InChI=1S/C7H18N4/c1-10-5-7(3-4-8)6-11(2)9-10/h7,9H,3-6,8H2,1-2H3. The fourth-order valence-corrected chi connectivity index (χ4v) is 1.62. The molecule has 3 N–H and O–H groups in total. The van der Waals surface area contributed by atoms with E-state index in [2.05, 4.69) is 29.6 Å². The number of rotatable bonds is 2. The molecule has 1 aliphatic rings. The van der Waals surface area contributed by atoms with Crippen molar-refractivity contribution >= 4 is 0 Å². The maximum atomic E-state index is 5.49. The van der Waals surface area contributed by atoms with Crippen LogP contribution in [0.5, 0.6) is 0 Å². The Bertz CT molecular complexity index is 107. The zero-order valence-corrected chi connectivity index (χ0v) is 7.38. The highest BCUT2D eigenvalue weighted by molar-refractivity contribution is 4.68. The maximum absolute atomic E-state index is 5.49. The van der Waals surface area contributed by atoms with Crippen LogP contribution in [0.25, 0.3) is 0 Å². The Morgan fingerprint density at radius 3 is 2.36 bits per heavy atom. The summed E-state index contributed by atoms with van der Waals surface area (Å²) in [5.74, 6) is 0.719. The monoisotopic (exact) mass is 158 g/mol. The highest BCUT2D eigenvalue weighted by atomic mass is 15.7. The van der Waals surface area contributed by atoms with Crippen LogP contribution in [0.2, 0.25) is 0 Å². The van der Waals surface area contributed by atoms with E-state index in [0.717, 1.165) is 32.0 Å². The van der Waals surface area contributed by atoms with Gasteiger partial charge in [-0.25, -0.2) is 10.0 Å². The van der Waals surface area contributed by atoms with E-state index in [1.165, 1.54) is 0 Å². The van der Waals surface area contributed by atoms with Crippen molar-refractivity contribution in [3.63, 3.8) is 0 Å². The molecule has 0 unspecified atom stereocenters. The smallest absolute Gasteiger partial charge is 0.0182 e. The van der Waals surface area contributed by atoms with Gasteiger partial charge in [0.2, 0.25) is 0 Å². The molecule has 0 spiro atoms.